The van der Waals surface area contributed by atoms with Gasteiger partial charge in [0.05, 0.1) is 12.8 Å². The lowest BCUT2D eigenvalue weighted by Crippen LogP contribution is -2.45. The van der Waals surface area contributed by atoms with Crippen molar-refractivity contribution in [2.45, 2.75) is 64.1 Å². The molecule has 2 saturated carbocycles. The maximum atomic E-state index is 5.57. The molecule has 118 valence electrons. The Morgan fingerprint density at radius 3 is 2.76 bits per heavy atom. The van der Waals surface area contributed by atoms with Crippen molar-refractivity contribution in [3.63, 3.8) is 0 Å². The molecular formula is C18H30N2O. The topological polar surface area (TPSA) is 28.4 Å². The minimum atomic E-state index is 0.700. The summed E-state index contributed by atoms with van der Waals surface area (Å²) in [5.74, 6) is 2.85. The smallest absolute Gasteiger partial charge is 0.117 e. The van der Waals surface area contributed by atoms with E-state index in [2.05, 4.69) is 30.3 Å². The van der Waals surface area contributed by atoms with Crippen LogP contribution in [0.2, 0.25) is 0 Å². The summed E-state index contributed by atoms with van der Waals surface area (Å²) >= 11 is 0. The quantitative estimate of drug-likeness (QED) is 0.831. The van der Waals surface area contributed by atoms with Gasteiger partial charge in [-0.25, -0.2) is 0 Å². The molecule has 1 aromatic rings. The van der Waals surface area contributed by atoms with Gasteiger partial charge in [-0.05, 0) is 63.1 Å². The first-order valence-corrected chi connectivity index (χ1v) is 8.73. The van der Waals surface area contributed by atoms with Crippen LogP contribution in [0, 0.1) is 11.8 Å². The van der Waals surface area contributed by atoms with E-state index >= 15 is 0 Å². The first-order valence-electron chi connectivity index (χ1n) is 8.73. The zero-order valence-corrected chi connectivity index (χ0v) is 13.6. The third kappa shape index (κ3) is 3.89. The Bertz CT molecular complexity index is 413. The second-order valence-corrected chi connectivity index (χ2v) is 6.98. The van der Waals surface area contributed by atoms with Gasteiger partial charge in [0.25, 0.3) is 0 Å². The van der Waals surface area contributed by atoms with Crippen LogP contribution in [0.4, 0.5) is 0 Å². The van der Waals surface area contributed by atoms with Crippen LogP contribution in [-0.2, 0) is 6.54 Å². The molecule has 0 saturated heterocycles. The summed E-state index contributed by atoms with van der Waals surface area (Å²) in [4.78, 5) is 2.67. The number of hydrogen-bond donors (Lipinski definition) is 1. The predicted octanol–water partition coefficient (Wildman–Crippen LogP) is 3.66. The molecule has 2 aliphatic rings. The maximum absolute atomic E-state index is 5.57. The van der Waals surface area contributed by atoms with Crippen LogP contribution in [-0.4, -0.2) is 30.6 Å². The molecule has 0 aromatic carbocycles. The molecule has 3 heteroatoms. The largest absolute Gasteiger partial charge is 0.468 e. The molecule has 0 bridgehead atoms. The second kappa shape index (κ2) is 6.97. The lowest BCUT2D eigenvalue weighted by molar-refractivity contribution is 0.126. The van der Waals surface area contributed by atoms with Crippen molar-refractivity contribution < 1.29 is 4.42 Å². The van der Waals surface area contributed by atoms with Gasteiger partial charge in [0.2, 0.25) is 0 Å². The van der Waals surface area contributed by atoms with Crippen molar-refractivity contribution in [3.8, 4) is 0 Å². The van der Waals surface area contributed by atoms with Gasteiger partial charge in [-0.3, -0.25) is 4.90 Å². The summed E-state index contributed by atoms with van der Waals surface area (Å²) in [6, 6.07) is 5.62. The van der Waals surface area contributed by atoms with E-state index < -0.39 is 0 Å². The molecule has 0 spiro atoms. The average molecular weight is 290 g/mol. The van der Waals surface area contributed by atoms with Gasteiger partial charge < -0.3 is 9.73 Å². The van der Waals surface area contributed by atoms with E-state index in [9.17, 15) is 0 Å². The van der Waals surface area contributed by atoms with Gasteiger partial charge in [0.15, 0.2) is 0 Å². The molecule has 3 rings (SSSR count). The van der Waals surface area contributed by atoms with Crippen LogP contribution >= 0.6 is 0 Å². The number of furan rings is 1. The number of nitrogens with one attached hydrogen (secondary N) is 1. The molecular weight excluding hydrogens is 260 g/mol. The highest BCUT2D eigenvalue weighted by Gasteiger charge is 2.35. The lowest BCUT2D eigenvalue weighted by atomic mass is 9.76. The lowest BCUT2D eigenvalue weighted by Gasteiger charge is -2.38. The van der Waals surface area contributed by atoms with Gasteiger partial charge in [-0.15, -0.1) is 0 Å². The Balaban J connectivity index is 1.62. The molecule has 2 fully saturated rings. The van der Waals surface area contributed by atoms with E-state index in [4.69, 9.17) is 4.42 Å². The van der Waals surface area contributed by atoms with Crippen molar-refractivity contribution in [1.29, 1.82) is 0 Å². The Morgan fingerprint density at radius 2 is 2.14 bits per heavy atom. The van der Waals surface area contributed by atoms with Crippen molar-refractivity contribution >= 4 is 0 Å². The molecule has 3 atom stereocenters. The van der Waals surface area contributed by atoms with Crippen LogP contribution in [0.5, 0.6) is 0 Å². The second-order valence-electron chi connectivity index (χ2n) is 6.98. The monoisotopic (exact) mass is 290 g/mol. The summed E-state index contributed by atoms with van der Waals surface area (Å²) in [7, 11) is 2.14. The van der Waals surface area contributed by atoms with Crippen LogP contribution in [0.3, 0.4) is 0 Å². The van der Waals surface area contributed by atoms with Gasteiger partial charge in [-0.1, -0.05) is 13.3 Å². The highest BCUT2D eigenvalue weighted by Crippen LogP contribution is 2.35. The first-order chi connectivity index (χ1) is 10.3. The molecule has 3 nitrogen and oxygen atoms in total. The Labute approximate surface area is 129 Å². The van der Waals surface area contributed by atoms with Crippen LogP contribution in [0.25, 0.3) is 0 Å². The SMILES string of the molecule is CCC1CCC(NC)C(CN(Cc2ccco2)C2CC2)C1. The highest BCUT2D eigenvalue weighted by molar-refractivity contribution is 5.00. The van der Waals surface area contributed by atoms with Crippen LogP contribution < -0.4 is 5.32 Å². The molecule has 21 heavy (non-hydrogen) atoms. The Hall–Kier alpha value is -0.800. The summed E-state index contributed by atoms with van der Waals surface area (Å²) in [5.41, 5.74) is 0. The van der Waals surface area contributed by atoms with E-state index in [1.54, 1.807) is 6.26 Å². The minimum absolute atomic E-state index is 0.700. The van der Waals surface area contributed by atoms with Gasteiger partial charge in [0.1, 0.15) is 5.76 Å². The van der Waals surface area contributed by atoms with Gasteiger partial charge >= 0.3 is 0 Å². The van der Waals surface area contributed by atoms with E-state index in [0.29, 0.717) is 6.04 Å². The molecule has 1 aromatic heterocycles. The third-order valence-electron chi connectivity index (χ3n) is 5.51. The van der Waals surface area contributed by atoms with Crippen molar-refractivity contribution in [2.24, 2.45) is 11.8 Å². The molecule has 0 radical (unpaired) electrons. The first kappa shape index (κ1) is 15.1. The fourth-order valence-electron chi connectivity index (χ4n) is 4.00. The fourth-order valence-corrected chi connectivity index (χ4v) is 4.00. The summed E-state index contributed by atoms with van der Waals surface area (Å²) < 4.78 is 5.57. The van der Waals surface area contributed by atoms with Gasteiger partial charge in [-0.2, -0.15) is 0 Å². The number of rotatable bonds is 7. The zero-order chi connectivity index (χ0) is 14.7. The van der Waals surface area contributed by atoms with E-state index in [0.717, 1.165) is 30.2 Å². The summed E-state index contributed by atoms with van der Waals surface area (Å²) in [5, 5.41) is 3.57. The molecule has 1 heterocycles. The normalized spacial score (nSPS) is 30.0. The van der Waals surface area contributed by atoms with Crippen molar-refractivity contribution in [2.75, 3.05) is 13.6 Å². The van der Waals surface area contributed by atoms with Gasteiger partial charge in [0, 0.05) is 18.6 Å². The van der Waals surface area contributed by atoms with E-state index in [1.807, 2.05) is 6.07 Å². The van der Waals surface area contributed by atoms with E-state index in [1.165, 1.54) is 45.1 Å². The molecule has 0 amide bonds. The Kier molecular flexibility index (Phi) is 5.02. The maximum Gasteiger partial charge on any atom is 0.117 e. The summed E-state index contributed by atoms with van der Waals surface area (Å²) in [6.07, 6.45) is 10.0. The van der Waals surface area contributed by atoms with Crippen molar-refractivity contribution in [3.05, 3.63) is 24.2 Å². The highest BCUT2D eigenvalue weighted by atomic mass is 16.3. The molecule has 2 aliphatic carbocycles. The van der Waals surface area contributed by atoms with E-state index in [-0.39, 0.29) is 0 Å². The summed E-state index contributed by atoms with van der Waals surface area (Å²) in [6.45, 7) is 4.57. The van der Waals surface area contributed by atoms with Crippen molar-refractivity contribution in [1.82, 2.24) is 10.2 Å². The minimum Gasteiger partial charge on any atom is -0.468 e. The molecule has 3 unspecified atom stereocenters. The zero-order valence-electron chi connectivity index (χ0n) is 13.6. The molecule has 0 aliphatic heterocycles. The third-order valence-corrected chi connectivity index (χ3v) is 5.51. The number of hydrogen-bond acceptors (Lipinski definition) is 3. The standard InChI is InChI=1S/C18H30N2O/c1-3-14-6-9-18(19-2)15(11-14)12-20(16-7-8-16)13-17-5-4-10-21-17/h4-5,10,14-16,18-19H,3,6-9,11-13H2,1-2H3. The van der Waals surface area contributed by atoms with Crippen LogP contribution in [0.1, 0.15) is 51.2 Å². The number of nitrogens with zero attached hydrogens (tertiary/aromatic N) is 1. The fraction of sp³-hybridized carbons (Fsp3) is 0.778. The average Bonchev–Trinajstić information content (AvgIpc) is 3.24. The Morgan fingerprint density at radius 1 is 1.29 bits per heavy atom. The molecule has 1 N–H and O–H groups in total. The van der Waals surface area contributed by atoms with Crippen LogP contribution in [0.15, 0.2) is 22.8 Å². The predicted molar refractivity (Wildman–Crippen MR) is 86.1 cm³/mol.